The Kier molecular flexibility index (Phi) is 4.65. The molecule has 1 heterocycles. The van der Waals surface area contributed by atoms with Gasteiger partial charge >= 0.3 is 0 Å². The number of nitrogens with one attached hydrogen (secondary N) is 1. The predicted molar refractivity (Wildman–Crippen MR) is 84.8 cm³/mol. The van der Waals surface area contributed by atoms with Crippen molar-refractivity contribution in [2.24, 2.45) is 7.05 Å². The summed E-state index contributed by atoms with van der Waals surface area (Å²) in [5, 5.41) is 3.09. The van der Waals surface area contributed by atoms with Gasteiger partial charge in [-0.2, -0.15) is 0 Å². The number of aryl methyl sites for hydroxylation is 2. The van der Waals surface area contributed by atoms with Crippen LogP contribution in [0.25, 0.3) is 0 Å². The Morgan fingerprint density at radius 1 is 1.35 bits per heavy atom. The van der Waals surface area contributed by atoms with Crippen LogP contribution in [0.5, 0.6) is 0 Å². The van der Waals surface area contributed by atoms with Crippen molar-refractivity contribution >= 4 is 21.8 Å². The second-order valence-electron chi connectivity index (χ2n) is 5.00. The zero-order chi connectivity index (χ0) is 14.7. The molecule has 2 rings (SSSR count). The van der Waals surface area contributed by atoms with Gasteiger partial charge in [-0.1, -0.05) is 36.8 Å². The van der Waals surface area contributed by atoms with Crippen LogP contribution >= 0.6 is 15.9 Å². The second kappa shape index (κ2) is 6.27. The zero-order valence-electron chi connectivity index (χ0n) is 12.0. The Bertz CT molecular complexity index is 601. The van der Waals surface area contributed by atoms with Crippen LogP contribution in [0.1, 0.15) is 41.0 Å². The molecule has 0 aliphatic heterocycles. The Hall–Kier alpha value is -1.55. The quantitative estimate of drug-likeness (QED) is 0.901. The minimum atomic E-state index is -0.0503. The summed E-state index contributed by atoms with van der Waals surface area (Å²) in [6.45, 7) is 4.14. The first-order chi connectivity index (χ1) is 9.51. The van der Waals surface area contributed by atoms with Gasteiger partial charge in [0.1, 0.15) is 5.69 Å². The summed E-state index contributed by atoms with van der Waals surface area (Å²) < 4.78 is 2.73. The molecule has 4 heteroatoms. The molecular weight excluding hydrogens is 316 g/mol. The van der Waals surface area contributed by atoms with E-state index in [0.717, 1.165) is 16.5 Å². The van der Waals surface area contributed by atoms with Crippen LogP contribution in [0.2, 0.25) is 0 Å². The lowest BCUT2D eigenvalue weighted by molar-refractivity contribution is 0.0927. The maximum Gasteiger partial charge on any atom is 0.268 e. The molecule has 1 amide bonds. The van der Waals surface area contributed by atoms with Crippen molar-refractivity contribution in [1.82, 2.24) is 9.88 Å². The number of nitrogens with zero attached hydrogens (tertiary/aromatic N) is 1. The summed E-state index contributed by atoms with van der Waals surface area (Å²) in [5.74, 6) is -0.0503. The molecule has 1 aromatic carbocycles. The van der Waals surface area contributed by atoms with Crippen LogP contribution in [-0.4, -0.2) is 10.5 Å². The van der Waals surface area contributed by atoms with Gasteiger partial charge in [-0.15, -0.1) is 0 Å². The van der Waals surface area contributed by atoms with E-state index in [2.05, 4.69) is 59.4 Å². The highest BCUT2D eigenvalue weighted by atomic mass is 79.9. The van der Waals surface area contributed by atoms with Gasteiger partial charge in [0.2, 0.25) is 0 Å². The lowest BCUT2D eigenvalue weighted by atomic mass is 10.0. The normalized spacial score (nSPS) is 12.2. The minimum Gasteiger partial charge on any atom is -0.345 e. The molecule has 0 radical (unpaired) electrons. The average molecular weight is 335 g/mol. The minimum absolute atomic E-state index is 0.0387. The molecule has 3 nitrogen and oxygen atoms in total. The largest absolute Gasteiger partial charge is 0.345 e. The number of amides is 1. The fraction of sp³-hybridized carbons (Fsp3) is 0.312. The molecule has 2 aromatic rings. The summed E-state index contributed by atoms with van der Waals surface area (Å²) in [7, 11) is 1.87. The average Bonchev–Trinajstić information content (AvgIpc) is 2.76. The SMILES string of the molecule is CCC(NC(=O)c1cc(Br)cn1C)c1ccc(C)cc1. The summed E-state index contributed by atoms with van der Waals surface area (Å²) in [5.41, 5.74) is 3.02. The van der Waals surface area contributed by atoms with E-state index in [0.29, 0.717) is 5.69 Å². The van der Waals surface area contributed by atoms with Gasteiger partial charge in [-0.05, 0) is 40.9 Å². The number of hydrogen-bond donors (Lipinski definition) is 1. The molecule has 1 aromatic heterocycles. The number of carbonyl (C=O) groups excluding carboxylic acids is 1. The Morgan fingerprint density at radius 3 is 2.50 bits per heavy atom. The third-order valence-corrected chi connectivity index (χ3v) is 3.83. The number of benzene rings is 1. The van der Waals surface area contributed by atoms with Crippen molar-refractivity contribution in [3.8, 4) is 0 Å². The molecule has 1 atom stereocenters. The van der Waals surface area contributed by atoms with Crippen molar-refractivity contribution in [2.45, 2.75) is 26.3 Å². The van der Waals surface area contributed by atoms with Crippen molar-refractivity contribution in [2.75, 3.05) is 0 Å². The summed E-state index contributed by atoms with van der Waals surface area (Å²) in [6, 6.07) is 10.2. The molecule has 0 bridgehead atoms. The fourth-order valence-electron chi connectivity index (χ4n) is 2.20. The van der Waals surface area contributed by atoms with E-state index in [9.17, 15) is 4.79 Å². The number of rotatable bonds is 4. The maximum atomic E-state index is 12.3. The summed E-state index contributed by atoms with van der Waals surface area (Å²) in [4.78, 5) is 12.3. The molecule has 106 valence electrons. The van der Waals surface area contributed by atoms with E-state index in [1.807, 2.05) is 23.9 Å². The number of carbonyl (C=O) groups is 1. The highest BCUT2D eigenvalue weighted by Gasteiger charge is 2.16. The van der Waals surface area contributed by atoms with Gasteiger partial charge in [-0.25, -0.2) is 0 Å². The molecule has 0 aliphatic carbocycles. The molecule has 20 heavy (non-hydrogen) atoms. The van der Waals surface area contributed by atoms with Crippen LogP contribution in [0.4, 0.5) is 0 Å². The van der Waals surface area contributed by atoms with Crippen molar-refractivity contribution in [1.29, 1.82) is 0 Å². The summed E-state index contributed by atoms with van der Waals surface area (Å²) in [6.07, 6.45) is 2.74. The van der Waals surface area contributed by atoms with E-state index in [1.54, 1.807) is 0 Å². The van der Waals surface area contributed by atoms with E-state index >= 15 is 0 Å². The molecule has 1 unspecified atom stereocenters. The van der Waals surface area contributed by atoms with Crippen molar-refractivity contribution in [3.05, 3.63) is 57.8 Å². The van der Waals surface area contributed by atoms with Crippen LogP contribution in [0, 0.1) is 6.92 Å². The lowest BCUT2D eigenvalue weighted by Crippen LogP contribution is -2.29. The van der Waals surface area contributed by atoms with Crippen LogP contribution in [0.3, 0.4) is 0 Å². The van der Waals surface area contributed by atoms with E-state index in [-0.39, 0.29) is 11.9 Å². The number of halogens is 1. The highest BCUT2D eigenvalue weighted by Crippen LogP contribution is 2.19. The monoisotopic (exact) mass is 334 g/mol. The first kappa shape index (κ1) is 14.9. The standard InChI is InChI=1S/C16H19BrN2O/c1-4-14(12-7-5-11(2)6-8-12)18-16(20)15-9-13(17)10-19(15)3/h5-10,14H,4H2,1-3H3,(H,18,20). The Balaban J connectivity index is 2.16. The topological polar surface area (TPSA) is 34.0 Å². The first-order valence-corrected chi connectivity index (χ1v) is 7.50. The van der Waals surface area contributed by atoms with Gasteiger partial charge in [0, 0.05) is 17.7 Å². The Labute approximate surface area is 128 Å². The highest BCUT2D eigenvalue weighted by molar-refractivity contribution is 9.10. The number of hydrogen-bond acceptors (Lipinski definition) is 1. The van der Waals surface area contributed by atoms with E-state index in [1.165, 1.54) is 5.56 Å². The predicted octanol–water partition coefficient (Wildman–Crippen LogP) is 3.98. The Morgan fingerprint density at radius 2 is 2.00 bits per heavy atom. The van der Waals surface area contributed by atoms with Crippen molar-refractivity contribution in [3.63, 3.8) is 0 Å². The molecule has 0 fully saturated rings. The van der Waals surface area contributed by atoms with Crippen LogP contribution < -0.4 is 5.32 Å². The molecular formula is C16H19BrN2O. The van der Waals surface area contributed by atoms with Gasteiger partial charge in [0.05, 0.1) is 6.04 Å². The fourth-order valence-corrected chi connectivity index (χ4v) is 2.73. The van der Waals surface area contributed by atoms with Crippen LogP contribution in [0.15, 0.2) is 41.0 Å². The molecule has 0 spiro atoms. The van der Waals surface area contributed by atoms with E-state index < -0.39 is 0 Å². The third kappa shape index (κ3) is 3.31. The van der Waals surface area contributed by atoms with Crippen LogP contribution in [-0.2, 0) is 7.05 Å². The smallest absolute Gasteiger partial charge is 0.268 e. The zero-order valence-corrected chi connectivity index (χ0v) is 13.6. The van der Waals surface area contributed by atoms with Crippen molar-refractivity contribution < 1.29 is 4.79 Å². The first-order valence-electron chi connectivity index (χ1n) is 6.70. The molecule has 0 saturated heterocycles. The van der Waals surface area contributed by atoms with Gasteiger partial charge in [0.15, 0.2) is 0 Å². The lowest BCUT2D eigenvalue weighted by Gasteiger charge is -2.18. The molecule has 0 saturated carbocycles. The molecule has 0 aliphatic rings. The van der Waals surface area contributed by atoms with Gasteiger partial charge in [0.25, 0.3) is 5.91 Å². The summed E-state index contributed by atoms with van der Waals surface area (Å²) >= 11 is 3.39. The number of aromatic nitrogens is 1. The van der Waals surface area contributed by atoms with Gasteiger partial charge < -0.3 is 9.88 Å². The second-order valence-corrected chi connectivity index (χ2v) is 5.92. The third-order valence-electron chi connectivity index (χ3n) is 3.40. The van der Waals surface area contributed by atoms with Gasteiger partial charge in [-0.3, -0.25) is 4.79 Å². The van der Waals surface area contributed by atoms with E-state index in [4.69, 9.17) is 0 Å². The maximum absolute atomic E-state index is 12.3. The molecule has 1 N–H and O–H groups in total.